The van der Waals surface area contributed by atoms with E-state index in [-0.39, 0.29) is 13.2 Å². The zero-order valence-electron chi connectivity index (χ0n) is 9.31. The highest BCUT2D eigenvalue weighted by atomic mass is 16.5. The fourth-order valence-electron chi connectivity index (χ4n) is 1.49. The molecule has 1 rings (SSSR count). The molecule has 0 fully saturated rings. The van der Waals surface area contributed by atoms with Crippen LogP contribution in [0.3, 0.4) is 0 Å². The summed E-state index contributed by atoms with van der Waals surface area (Å²) in [4.78, 5) is 0. The minimum Gasteiger partial charge on any atom is -0.494 e. The Balaban J connectivity index is 2.99. The van der Waals surface area contributed by atoms with E-state index < -0.39 is 0 Å². The summed E-state index contributed by atoms with van der Waals surface area (Å²) in [5.74, 6) is 0.485. The highest BCUT2D eigenvalue weighted by molar-refractivity contribution is 6.17. The van der Waals surface area contributed by atoms with Crippen molar-refractivity contribution in [1.29, 1.82) is 5.41 Å². The van der Waals surface area contributed by atoms with Crippen LogP contribution in [0.1, 0.15) is 0 Å². The molecule has 1 aliphatic carbocycles. The summed E-state index contributed by atoms with van der Waals surface area (Å²) in [5.41, 5.74) is 1.15. The molecule has 5 nitrogen and oxygen atoms in total. The van der Waals surface area contributed by atoms with Gasteiger partial charge >= 0.3 is 0 Å². The van der Waals surface area contributed by atoms with Crippen molar-refractivity contribution in [3.63, 3.8) is 0 Å². The molecule has 0 radical (unpaired) electrons. The summed E-state index contributed by atoms with van der Waals surface area (Å²) in [7, 11) is 1.51. The van der Waals surface area contributed by atoms with E-state index in [2.05, 4.69) is 0 Å². The van der Waals surface area contributed by atoms with Gasteiger partial charge in [-0.1, -0.05) is 0 Å². The molecular formula is C11H17N2O3+. The van der Waals surface area contributed by atoms with Crippen LogP contribution in [0.5, 0.6) is 0 Å². The van der Waals surface area contributed by atoms with Crippen LogP contribution in [-0.2, 0) is 4.74 Å². The van der Waals surface area contributed by atoms with E-state index >= 15 is 0 Å². The molecule has 0 spiro atoms. The first-order chi connectivity index (χ1) is 7.72. The van der Waals surface area contributed by atoms with Crippen molar-refractivity contribution in [2.75, 3.05) is 33.4 Å². The monoisotopic (exact) mass is 225 g/mol. The maximum atomic E-state index is 8.91. The lowest BCUT2D eigenvalue weighted by atomic mass is 10.1. The second-order valence-electron chi connectivity index (χ2n) is 3.32. The van der Waals surface area contributed by atoms with Crippen LogP contribution < -0.4 is 0 Å². The van der Waals surface area contributed by atoms with E-state index in [0.29, 0.717) is 24.6 Å². The molecule has 3 N–H and O–H groups in total. The molecule has 0 saturated heterocycles. The molecular weight excluding hydrogens is 208 g/mol. The molecule has 0 aliphatic heterocycles. The van der Waals surface area contributed by atoms with Gasteiger partial charge in [0.05, 0.1) is 18.9 Å². The van der Waals surface area contributed by atoms with Gasteiger partial charge in [-0.2, -0.15) is 0 Å². The van der Waals surface area contributed by atoms with Crippen molar-refractivity contribution >= 4 is 11.4 Å². The molecule has 88 valence electrons. The number of nitrogens with one attached hydrogen (secondary N) is 1. The van der Waals surface area contributed by atoms with Crippen molar-refractivity contribution in [3.8, 4) is 0 Å². The number of aliphatic hydroxyl groups excluding tert-OH is 2. The fourth-order valence-corrected chi connectivity index (χ4v) is 1.49. The number of rotatable bonds is 5. The van der Waals surface area contributed by atoms with E-state index in [4.69, 9.17) is 20.4 Å². The van der Waals surface area contributed by atoms with Crippen LogP contribution in [0.2, 0.25) is 0 Å². The van der Waals surface area contributed by atoms with Crippen LogP contribution in [0.15, 0.2) is 24.0 Å². The number of aliphatic hydroxyl groups is 2. The van der Waals surface area contributed by atoms with Gasteiger partial charge in [-0.25, -0.2) is 4.58 Å². The fraction of sp³-hybridized carbons (Fsp3) is 0.455. The van der Waals surface area contributed by atoms with E-state index in [9.17, 15) is 0 Å². The molecule has 0 bridgehead atoms. The average Bonchev–Trinajstić information content (AvgIpc) is 2.29. The van der Waals surface area contributed by atoms with Crippen molar-refractivity contribution in [1.82, 2.24) is 0 Å². The van der Waals surface area contributed by atoms with Gasteiger partial charge in [0.25, 0.3) is 0 Å². The number of hydrogen-bond donors (Lipinski definition) is 3. The molecule has 5 heteroatoms. The standard InChI is InChI=1S/C11H17N2O3/c1-16-11-8-9(2-3-10(11)12)13(4-6-14)5-7-15/h2-3,8,12,14-15H,4-7H2,1H3/q+1. The Morgan fingerprint density at radius 3 is 2.38 bits per heavy atom. The quantitative estimate of drug-likeness (QED) is 0.438. The molecule has 0 heterocycles. The number of ether oxygens (including phenoxy) is 1. The molecule has 0 aromatic carbocycles. The lowest BCUT2D eigenvalue weighted by Crippen LogP contribution is -2.27. The third kappa shape index (κ3) is 3.01. The molecule has 1 aliphatic rings. The maximum Gasteiger partial charge on any atom is 0.203 e. The van der Waals surface area contributed by atoms with Crippen molar-refractivity contribution in [3.05, 3.63) is 24.0 Å². The summed E-state index contributed by atoms with van der Waals surface area (Å²) in [6.07, 6.45) is 5.14. The molecule has 0 aromatic rings. The SMILES string of the molecule is COC1=CC(=[N+](CCO)CCO)C=CC1=N. The van der Waals surface area contributed by atoms with Gasteiger partial charge in [-0.3, -0.25) is 5.41 Å². The third-order valence-corrected chi connectivity index (χ3v) is 2.29. The van der Waals surface area contributed by atoms with E-state index in [1.54, 1.807) is 18.2 Å². The minimum absolute atomic E-state index is 0.0188. The van der Waals surface area contributed by atoms with Gasteiger partial charge in [0.2, 0.25) is 5.71 Å². The average molecular weight is 225 g/mol. The predicted molar refractivity (Wildman–Crippen MR) is 61.1 cm³/mol. The van der Waals surface area contributed by atoms with E-state index in [1.807, 2.05) is 4.58 Å². The minimum atomic E-state index is 0.0188. The Morgan fingerprint density at radius 2 is 1.88 bits per heavy atom. The molecule has 0 unspecified atom stereocenters. The number of allylic oxidation sites excluding steroid dienone is 3. The lowest BCUT2D eigenvalue weighted by Gasteiger charge is -2.10. The Bertz CT molecular complexity index is 348. The highest BCUT2D eigenvalue weighted by Gasteiger charge is 2.16. The van der Waals surface area contributed by atoms with Gasteiger partial charge in [-0.05, 0) is 6.08 Å². The zero-order valence-corrected chi connectivity index (χ0v) is 9.31. The summed E-state index contributed by atoms with van der Waals surface area (Å²) in [6, 6.07) is 0. The number of hydrogen-bond acceptors (Lipinski definition) is 4. The van der Waals surface area contributed by atoms with E-state index in [0.717, 1.165) is 5.71 Å². The molecule has 0 atom stereocenters. The third-order valence-electron chi connectivity index (χ3n) is 2.29. The van der Waals surface area contributed by atoms with E-state index in [1.165, 1.54) is 7.11 Å². The largest absolute Gasteiger partial charge is 0.494 e. The van der Waals surface area contributed by atoms with Crippen LogP contribution in [-0.4, -0.2) is 59.6 Å². The summed E-state index contributed by atoms with van der Waals surface area (Å²) >= 11 is 0. The zero-order chi connectivity index (χ0) is 12.0. The van der Waals surface area contributed by atoms with Crippen LogP contribution in [0.4, 0.5) is 0 Å². The highest BCUT2D eigenvalue weighted by Crippen LogP contribution is 2.06. The number of methoxy groups -OCH3 is 1. The second kappa shape index (κ2) is 6.19. The summed E-state index contributed by atoms with van der Waals surface area (Å²) < 4.78 is 6.89. The Labute approximate surface area is 94.5 Å². The molecule has 0 saturated carbocycles. The number of nitrogens with zero attached hydrogens (tertiary/aromatic N) is 1. The Hall–Kier alpha value is -1.46. The van der Waals surface area contributed by atoms with Gasteiger partial charge in [0.1, 0.15) is 19.0 Å². The second-order valence-corrected chi connectivity index (χ2v) is 3.32. The Morgan fingerprint density at radius 1 is 1.25 bits per heavy atom. The van der Waals surface area contributed by atoms with Gasteiger partial charge in [0.15, 0.2) is 13.1 Å². The summed E-state index contributed by atoms with van der Waals surface area (Å²) in [6.45, 7) is 0.929. The van der Waals surface area contributed by atoms with Gasteiger partial charge in [0, 0.05) is 6.08 Å². The normalized spacial score (nSPS) is 15.1. The molecule has 16 heavy (non-hydrogen) atoms. The van der Waals surface area contributed by atoms with Crippen molar-refractivity contribution < 1.29 is 19.5 Å². The smallest absolute Gasteiger partial charge is 0.203 e. The first-order valence-electron chi connectivity index (χ1n) is 5.09. The molecule has 0 aromatic heterocycles. The topological polar surface area (TPSA) is 76.6 Å². The van der Waals surface area contributed by atoms with Crippen molar-refractivity contribution in [2.24, 2.45) is 0 Å². The van der Waals surface area contributed by atoms with Crippen LogP contribution in [0.25, 0.3) is 0 Å². The van der Waals surface area contributed by atoms with Crippen LogP contribution >= 0.6 is 0 Å². The van der Waals surface area contributed by atoms with Gasteiger partial charge < -0.3 is 14.9 Å². The van der Waals surface area contributed by atoms with Gasteiger partial charge in [-0.15, -0.1) is 0 Å². The summed E-state index contributed by atoms with van der Waals surface area (Å²) in [5, 5.41) is 25.4. The maximum absolute atomic E-state index is 8.91. The molecule has 0 amide bonds. The lowest BCUT2D eigenvalue weighted by molar-refractivity contribution is -0.530. The van der Waals surface area contributed by atoms with Crippen molar-refractivity contribution in [2.45, 2.75) is 0 Å². The Kier molecular flexibility index (Phi) is 4.88. The first kappa shape index (κ1) is 12.6. The predicted octanol–water partition coefficient (Wildman–Crippen LogP) is -0.456. The van der Waals surface area contributed by atoms with Crippen LogP contribution in [0, 0.1) is 5.41 Å². The first-order valence-corrected chi connectivity index (χ1v) is 5.09.